The lowest BCUT2D eigenvalue weighted by molar-refractivity contribution is -0.116. The van der Waals surface area contributed by atoms with E-state index in [9.17, 15) is 14.7 Å². The zero-order valence-corrected chi connectivity index (χ0v) is 20.2. The maximum absolute atomic E-state index is 12.8. The number of phenols is 1. The van der Waals surface area contributed by atoms with Crippen molar-refractivity contribution in [2.75, 3.05) is 0 Å². The van der Waals surface area contributed by atoms with Crippen molar-refractivity contribution in [3.05, 3.63) is 77.5 Å². The number of carbonyl (C=O) groups excluding carboxylic acids is 2. The molecule has 1 aromatic heterocycles. The number of ketones is 1. The Kier molecular flexibility index (Phi) is 7.91. The monoisotopic (exact) mass is 445 g/mol. The Morgan fingerprint density at radius 1 is 1.09 bits per heavy atom. The van der Waals surface area contributed by atoms with Gasteiger partial charge in [-0.05, 0) is 86.9 Å². The summed E-state index contributed by atoms with van der Waals surface area (Å²) in [6.07, 6.45) is 5.75. The number of nitrogens with zero attached hydrogens (tertiary/aromatic N) is 1. The number of rotatable bonds is 6. The molecule has 2 aromatic carbocycles. The molecule has 1 heterocycles. The summed E-state index contributed by atoms with van der Waals surface area (Å²) in [6.45, 7) is 12.0. The number of aromatic hydroxyl groups is 1. The van der Waals surface area contributed by atoms with Crippen LogP contribution in [0.5, 0.6) is 5.75 Å². The van der Waals surface area contributed by atoms with E-state index in [-0.39, 0.29) is 17.4 Å². The van der Waals surface area contributed by atoms with Gasteiger partial charge < -0.3 is 5.11 Å². The molecule has 0 atom stereocenters. The molecule has 4 nitrogen and oxygen atoms in total. The maximum Gasteiger partial charge on any atom is 0.262 e. The summed E-state index contributed by atoms with van der Waals surface area (Å²) in [7, 11) is 0. The third kappa shape index (κ3) is 5.62. The van der Waals surface area contributed by atoms with E-state index < -0.39 is 0 Å². The second-order valence-electron chi connectivity index (χ2n) is 9.16. The van der Waals surface area contributed by atoms with Crippen molar-refractivity contribution in [3.8, 4) is 5.75 Å². The van der Waals surface area contributed by atoms with E-state index >= 15 is 0 Å². The highest BCUT2D eigenvalue weighted by Crippen LogP contribution is 2.40. The highest BCUT2D eigenvalue weighted by molar-refractivity contribution is 6.04. The van der Waals surface area contributed by atoms with E-state index in [2.05, 4.69) is 20.4 Å². The van der Waals surface area contributed by atoms with Crippen LogP contribution in [0.25, 0.3) is 10.9 Å². The number of aryl methyl sites for hydroxylation is 1. The summed E-state index contributed by atoms with van der Waals surface area (Å²) in [6, 6.07) is 13.8. The minimum absolute atomic E-state index is 0.0905. The van der Waals surface area contributed by atoms with Crippen LogP contribution in [-0.2, 0) is 11.2 Å². The molecule has 0 radical (unpaired) electrons. The molecule has 0 aliphatic heterocycles. The summed E-state index contributed by atoms with van der Waals surface area (Å²) >= 11 is 0. The van der Waals surface area contributed by atoms with Gasteiger partial charge >= 0.3 is 0 Å². The van der Waals surface area contributed by atoms with E-state index in [4.69, 9.17) is 0 Å². The third-order valence-corrected chi connectivity index (χ3v) is 6.72. The van der Waals surface area contributed by atoms with E-state index in [1.807, 2.05) is 31.2 Å². The van der Waals surface area contributed by atoms with Gasteiger partial charge in [0.25, 0.3) is 5.91 Å². The number of carbonyl (C=O) groups is 2. The van der Waals surface area contributed by atoms with Gasteiger partial charge in [0.05, 0.1) is 5.52 Å². The van der Waals surface area contributed by atoms with E-state index in [0.29, 0.717) is 12.0 Å². The van der Waals surface area contributed by atoms with Crippen molar-refractivity contribution >= 4 is 22.6 Å². The zero-order valence-electron chi connectivity index (χ0n) is 20.2. The highest BCUT2D eigenvalue weighted by Gasteiger charge is 2.28. The minimum atomic E-state index is -0.155. The molecule has 4 rings (SSSR count). The number of hydrogen-bond donors (Lipinski definition) is 1. The van der Waals surface area contributed by atoms with Gasteiger partial charge in [-0.3, -0.25) is 14.2 Å². The van der Waals surface area contributed by atoms with Crippen molar-refractivity contribution in [3.63, 3.8) is 0 Å². The molecule has 33 heavy (non-hydrogen) atoms. The van der Waals surface area contributed by atoms with Gasteiger partial charge in [-0.1, -0.05) is 44.6 Å². The van der Waals surface area contributed by atoms with Crippen LogP contribution in [-0.4, -0.2) is 21.4 Å². The predicted octanol–water partition coefficient (Wildman–Crippen LogP) is 6.86. The fourth-order valence-corrected chi connectivity index (χ4v) is 4.54. The molecule has 0 spiro atoms. The smallest absolute Gasteiger partial charge is 0.262 e. The summed E-state index contributed by atoms with van der Waals surface area (Å²) in [5.74, 6) is 1.97. The first kappa shape index (κ1) is 24.5. The van der Waals surface area contributed by atoms with Crippen LogP contribution in [0, 0.1) is 18.8 Å². The molecule has 1 saturated carbocycles. The minimum Gasteiger partial charge on any atom is -0.508 e. The standard InChI is InChI=1S/C19H17NO3.C10H18/c1-12-10-17-15(11-13(2)21)4-3-5-18(17)20(12)19(23)14-6-8-16(22)9-7-14;1-4-8(3)10-6-9(5-2)7-10/h3-10,22H,11H2,1-2H3;9-10H,3-7H2,1-2H3. The Bertz CT molecular complexity index is 1150. The molecular weight excluding hydrogens is 410 g/mol. The predicted molar refractivity (Wildman–Crippen MR) is 135 cm³/mol. The lowest BCUT2D eigenvalue weighted by atomic mass is 9.70. The van der Waals surface area contributed by atoms with Crippen molar-refractivity contribution < 1.29 is 14.7 Å². The molecule has 174 valence electrons. The second kappa shape index (κ2) is 10.7. The second-order valence-corrected chi connectivity index (χ2v) is 9.16. The van der Waals surface area contributed by atoms with Crippen LogP contribution in [0.1, 0.15) is 68.1 Å². The van der Waals surface area contributed by atoms with Crippen LogP contribution in [0.3, 0.4) is 0 Å². The average Bonchev–Trinajstić information content (AvgIpc) is 3.10. The molecule has 0 saturated heterocycles. The van der Waals surface area contributed by atoms with Gasteiger partial charge in [-0.2, -0.15) is 0 Å². The summed E-state index contributed by atoms with van der Waals surface area (Å²) in [4.78, 5) is 24.2. The van der Waals surface area contributed by atoms with Crippen molar-refractivity contribution in [2.45, 2.75) is 59.8 Å². The first-order valence-electron chi connectivity index (χ1n) is 11.9. The quantitative estimate of drug-likeness (QED) is 0.421. The average molecular weight is 446 g/mol. The largest absolute Gasteiger partial charge is 0.508 e. The molecule has 0 amide bonds. The third-order valence-electron chi connectivity index (χ3n) is 6.72. The van der Waals surface area contributed by atoms with Crippen LogP contribution >= 0.6 is 0 Å². The van der Waals surface area contributed by atoms with Crippen molar-refractivity contribution in [1.82, 2.24) is 4.57 Å². The van der Waals surface area contributed by atoms with E-state index in [1.54, 1.807) is 23.6 Å². The summed E-state index contributed by atoms with van der Waals surface area (Å²) in [5, 5.41) is 10.3. The molecule has 4 heteroatoms. The Morgan fingerprint density at radius 3 is 2.33 bits per heavy atom. The first-order valence-corrected chi connectivity index (χ1v) is 11.9. The lowest BCUT2D eigenvalue weighted by Gasteiger charge is -2.35. The molecular formula is C29H35NO3. The molecule has 1 fully saturated rings. The SMILES string of the molecule is C=C(CC)C1CC(CC)C1.CC(=O)Cc1cccc2c1cc(C)n2C(=O)c1ccc(O)cc1. The number of benzene rings is 2. The number of hydrogen-bond acceptors (Lipinski definition) is 3. The van der Waals surface area contributed by atoms with Crippen LogP contribution < -0.4 is 0 Å². The molecule has 1 aliphatic rings. The van der Waals surface area contributed by atoms with E-state index in [1.165, 1.54) is 43.4 Å². The molecule has 1 N–H and O–H groups in total. The maximum atomic E-state index is 12.8. The number of allylic oxidation sites excluding steroid dienone is 1. The van der Waals surface area contributed by atoms with Gasteiger partial charge in [-0.15, -0.1) is 0 Å². The number of phenolic OH excluding ortho intramolecular Hbond substituents is 1. The van der Waals surface area contributed by atoms with Crippen LogP contribution in [0.4, 0.5) is 0 Å². The van der Waals surface area contributed by atoms with Gasteiger partial charge in [0.1, 0.15) is 11.5 Å². The number of aromatic nitrogens is 1. The Morgan fingerprint density at radius 2 is 1.76 bits per heavy atom. The molecule has 3 aromatic rings. The molecule has 1 aliphatic carbocycles. The summed E-state index contributed by atoms with van der Waals surface area (Å²) in [5.41, 5.74) is 4.51. The van der Waals surface area contributed by atoms with Crippen LogP contribution in [0.15, 0.2) is 60.7 Å². The zero-order chi connectivity index (χ0) is 24.1. The van der Waals surface area contributed by atoms with Gasteiger partial charge in [0.2, 0.25) is 0 Å². The van der Waals surface area contributed by atoms with Gasteiger partial charge in [-0.25, -0.2) is 0 Å². The molecule has 0 bridgehead atoms. The van der Waals surface area contributed by atoms with Crippen molar-refractivity contribution in [2.24, 2.45) is 11.8 Å². The van der Waals surface area contributed by atoms with Gasteiger partial charge in [0.15, 0.2) is 0 Å². The lowest BCUT2D eigenvalue weighted by Crippen LogP contribution is -2.23. The van der Waals surface area contributed by atoms with Gasteiger partial charge in [0, 0.05) is 23.1 Å². The normalized spacial score (nSPS) is 17.1. The fourth-order valence-electron chi connectivity index (χ4n) is 4.54. The Hall–Kier alpha value is -3.14. The van der Waals surface area contributed by atoms with Crippen LogP contribution in [0.2, 0.25) is 0 Å². The Balaban J connectivity index is 0.000000257. The van der Waals surface area contributed by atoms with E-state index in [0.717, 1.165) is 34.0 Å². The number of Topliss-reactive ketones (excluding diaryl/α,β-unsaturated/α-hetero) is 1. The van der Waals surface area contributed by atoms with Crippen molar-refractivity contribution in [1.29, 1.82) is 0 Å². The topological polar surface area (TPSA) is 59.3 Å². The Labute approximate surface area is 196 Å². The number of fused-ring (bicyclic) bond motifs is 1. The fraction of sp³-hybridized carbons (Fsp3) is 0.379. The highest BCUT2D eigenvalue weighted by atomic mass is 16.3. The summed E-state index contributed by atoms with van der Waals surface area (Å²) < 4.78 is 1.64. The first-order chi connectivity index (χ1) is 15.7. The molecule has 0 unspecified atom stereocenters.